The van der Waals surface area contributed by atoms with E-state index in [1.54, 1.807) is 7.11 Å². The maximum absolute atomic E-state index is 5.76. The van der Waals surface area contributed by atoms with E-state index in [1.165, 1.54) is 25.7 Å². The van der Waals surface area contributed by atoms with E-state index in [2.05, 4.69) is 26.2 Å². The maximum atomic E-state index is 5.76. The first-order chi connectivity index (χ1) is 12.3. The minimum absolute atomic E-state index is 0.765. The van der Waals surface area contributed by atoms with Gasteiger partial charge in [-0.1, -0.05) is 35.2 Å². The molecule has 0 heterocycles. The fourth-order valence-corrected chi connectivity index (χ4v) is 2.69. The Kier molecular flexibility index (Phi) is 9.05. The Bertz CT molecular complexity index is 627. The molecule has 2 rings (SSSR count). The van der Waals surface area contributed by atoms with Crippen molar-refractivity contribution in [3.63, 3.8) is 0 Å². The lowest BCUT2D eigenvalue weighted by Gasteiger charge is -2.06. The Morgan fingerprint density at radius 3 is 1.80 bits per heavy atom. The molecule has 0 aliphatic heterocycles. The summed E-state index contributed by atoms with van der Waals surface area (Å²) in [5.41, 5.74) is 1.60. The Hall–Kier alpha value is -1.88. The first-order valence-corrected chi connectivity index (χ1v) is 9.78. The molecule has 4 nitrogen and oxygen atoms in total. The molecule has 0 aromatic heterocycles. The second-order valence-electron chi connectivity index (χ2n) is 5.70. The van der Waals surface area contributed by atoms with Crippen LogP contribution in [0.15, 0.2) is 58.8 Å². The highest BCUT2D eigenvalue weighted by molar-refractivity contribution is 9.09. The van der Waals surface area contributed by atoms with Gasteiger partial charge in [-0.2, -0.15) is 10.2 Å². The zero-order chi connectivity index (χ0) is 17.7. The molecule has 0 spiro atoms. The first-order valence-electron chi connectivity index (χ1n) is 8.66. The zero-order valence-electron chi connectivity index (χ0n) is 14.7. The zero-order valence-corrected chi connectivity index (χ0v) is 16.2. The van der Waals surface area contributed by atoms with E-state index in [-0.39, 0.29) is 0 Å². The lowest BCUT2D eigenvalue weighted by atomic mass is 10.2. The molecule has 0 aliphatic rings. The molecule has 2 aromatic rings. The van der Waals surface area contributed by atoms with Gasteiger partial charge in [-0.3, -0.25) is 0 Å². The third-order valence-corrected chi connectivity index (χ3v) is 4.30. The molecule has 0 radical (unpaired) electrons. The monoisotopic (exact) mass is 404 g/mol. The average Bonchev–Trinajstić information content (AvgIpc) is 2.67. The standard InChI is InChI=1S/C20H25BrN2O2/c1-24-19-11-7-17(8-12-19)22-23-18-9-13-20(14-10-18)25-16-6-4-2-3-5-15-21/h7-14H,2-6,15-16H2,1H3. The van der Waals surface area contributed by atoms with E-state index in [0.717, 1.165) is 41.2 Å². The predicted molar refractivity (Wildman–Crippen MR) is 106 cm³/mol. The van der Waals surface area contributed by atoms with E-state index in [1.807, 2.05) is 48.5 Å². The Morgan fingerprint density at radius 2 is 1.24 bits per heavy atom. The molecule has 0 N–H and O–H groups in total. The van der Waals surface area contributed by atoms with Crippen molar-refractivity contribution in [3.8, 4) is 11.5 Å². The number of azo groups is 1. The van der Waals surface area contributed by atoms with Crippen LogP contribution in [0, 0.1) is 0 Å². The van der Waals surface area contributed by atoms with Crippen LogP contribution in [0.1, 0.15) is 32.1 Å². The number of methoxy groups -OCH3 is 1. The van der Waals surface area contributed by atoms with Crippen LogP contribution in [0.25, 0.3) is 0 Å². The van der Waals surface area contributed by atoms with Crippen LogP contribution >= 0.6 is 15.9 Å². The smallest absolute Gasteiger partial charge is 0.119 e. The SMILES string of the molecule is COc1ccc(N=Nc2ccc(OCCCCCCCBr)cc2)cc1. The van der Waals surface area contributed by atoms with Gasteiger partial charge in [0.2, 0.25) is 0 Å². The Balaban J connectivity index is 1.72. The lowest BCUT2D eigenvalue weighted by Crippen LogP contribution is -1.96. The summed E-state index contributed by atoms with van der Waals surface area (Å²) in [4.78, 5) is 0. The van der Waals surface area contributed by atoms with Gasteiger partial charge in [-0.25, -0.2) is 0 Å². The van der Waals surface area contributed by atoms with Crippen molar-refractivity contribution in [1.29, 1.82) is 0 Å². The van der Waals surface area contributed by atoms with Crippen LogP contribution in [-0.2, 0) is 0 Å². The summed E-state index contributed by atoms with van der Waals surface area (Å²) in [6.45, 7) is 0.765. The number of hydrogen-bond donors (Lipinski definition) is 0. The number of benzene rings is 2. The number of nitrogens with zero attached hydrogens (tertiary/aromatic N) is 2. The van der Waals surface area contributed by atoms with Crippen molar-refractivity contribution < 1.29 is 9.47 Å². The van der Waals surface area contributed by atoms with E-state index < -0.39 is 0 Å². The van der Waals surface area contributed by atoms with Crippen molar-refractivity contribution in [2.75, 3.05) is 19.0 Å². The molecule has 2 aromatic carbocycles. The number of rotatable bonds is 11. The fraction of sp³-hybridized carbons (Fsp3) is 0.400. The number of unbranched alkanes of at least 4 members (excludes halogenated alkanes) is 4. The van der Waals surface area contributed by atoms with Gasteiger partial charge in [0.1, 0.15) is 11.5 Å². The summed E-state index contributed by atoms with van der Waals surface area (Å²) in [7, 11) is 1.64. The van der Waals surface area contributed by atoms with Crippen LogP contribution in [0.2, 0.25) is 0 Å². The van der Waals surface area contributed by atoms with Crippen LogP contribution < -0.4 is 9.47 Å². The molecular formula is C20H25BrN2O2. The van der Waals surface area contributed by atoms with Crippen molar-refractivity contribution in [1.82, 2.24) is 0 Å². The molecule has 0 saturated heterocycles. The molecule has 134 valence electrons. The second kappa shape index (κ2) is 11.6. The van der Waals surface area contributed by atoms with Crippen molar-refractivity contribution >= 4 is 27.3 Å². The second-order valence-corrected chi connectivity index (χ2v) is 6.49. The number of alkyl halides is 1. The normalized spacial score (nSPS) is 11.0. The third kappa shape index (κ3) is 7.69. The minimum Gasteiger partial charge on any atom is -0.497 e. The highest BCUT2D eigenvalue weighted by Crippen LogP contribution is 2.23. The van der Waals surface area contributed by atoms with Crippen LogP contribution in [-0.4, -0.2) is 19.0 Å². The fourth-order valence-electron chi connectivity index (χ4n) is 2.29. The van der Waals surface area contributed by atoms with Gasteiger partial charge >= 0.3 is 0 Å². The van der Waals surface area contributed by atoms with E-state index >= 15 is 0 Å². The number of halogens is 1. The first kappa shape index (κ1) is 19.4. The summed E-state index contributed by atoms with van der Waals surface area (Å²) < 4.78 is 10.9. The summed E-state index contributed by atoms with van der Waals surface area (Å²) >= 11 is 3.45. The van der Waals surface area contributed by atoms with Gasteiger partial charge in [0.25, 0.3) is 0 Å². The van der Waals surface area contributed by atoms with E-state index in [0.29, 0.717) is 0 Å². The van der Waals surface area contributed by atoms with Crippen molar-refractivity contribution in [3.05, 3.63) is 48.5 Å². The van der Waals surface area contributed by atoms with Gasteiger partial charge in [-0.05, 0) is 61.4 Å². The molecule has 0 saturated carbocycles. The summed E-state index contributed by atoms with van der Waals surface area (Å²) in [5, 5.41) is 9.56. The average molecular weight is 405 g/mol. The van der Waals surface area contributed by atoms with Crippen LogP contribution in [0.4, 0.5) is 11.4 Å². The van der Waals surface area contributed by atoms with Gasteiger partial charge in [0, 0.05) is 5.33 Å². The molecule has 0 unspecified atom stereocenters. The lowest BCUT2D eigenvalue weighted by molar-refractivity contribution is 0.304. The predicted octanol–water partition coefficient (Wildman–Crippen LogP) is 6.83. The topological polar surface area (TPSA) is 43.2 Å². The quantitative estimate of drug-likeness (QED) is 0.233. The van der Waals surface area contributed by atoms with Crippen molar-refractivity contribution in [2.45, 2.75) is 32.1 Å². The minimum atomic E-state index is 0.765. The third-order valence-electron chi connectivity index (χ3n) is 3.74. The Labute approximate surface area is 158 Å². The largest absolute Gasteiger partial charge is 0.497 e. The van der Waals surface area contributed by atoms with E-state index in [9.17, 15) is 0 Å². The summed E-state index contributed by atoms with van der Waals surface area (Å²) in [5.74, 6) is 1.69. The summed E-state index contributed by atoms with van der Waals surface area (Å²) in [6.07, 6.45) is 6.15. The molecule has 0 amide bonds. The van der Waals surface area contributed by atoms with Crippen molar-refractivity contribution in [2.24, 2.45) is 10.2 Å². The molecule has 0 atom stereocenters. The van der Waals surface area contributed by atoms with Gasteiger partial charge in [0.05, 0.1) is 25.1 Å². The molecule has 0 fully saturated rings. The summed E-state index contributed by atoms with van der Waals surface area (Å²) in [6, 6.07) is 15.2. The molecule has 0 bridgehead atoms. The maximum Gasteiger partial charge on any atom is 0.119 e. The van der Waals surface area contributed by atoms with Crippen LogP contribution in [0.5, 0.6) is 11.5 Å². The van der Waals surface area contributed by atoms with Gasteiger partial charge in [0.15, 0.2) is 0 Å². The molecule has 25 heavy (non-hydrogen) atoms. The molecule has 5 heteroatoms. The highest BCUT2D eigenvalue weighted by Gasteiger charge is 1.97. The molecule has 0 aliphatic carbocycles. The Morgan fingerprint density at radius 1 is 0.720 bits per heavy atom. The van der Waals surface area contributed by atoms with Gasteiger partial charge in [-0.15, -0.1) is 0 Å². The van der Waals surface area contributed by atoms with Crippen LogP contribution in [0.3, 0.4) is 0 Å². The van der Waals surface area contributed by atoms with Gasteiger partial charge < -0.3 is 9.47 Å². The number of ether oxygens (including phenoxy) is 2. The van der Waals surface area contributed by atoms with E-state index in [4.69, 9.17) is 9.47 Å². The molecular weight excluding hydrogens is 380 g/mol. The number of hydrogen-bond acceptors (Lipinski definition) is 4. The highest BCUT2D eigenvalue weighted by atomic mass is 79.9.